The van der Waals surface area contributed by atoms with E-state index in [1.807, 2.05) is 0 Å². The Balaban J connectivity index is 3.26. The van der Waals surface area contributed by atoms with Gasteiger partial charge in [0.2, 0.25) is 0 Å². The summed E-state index contributed by atoms with van der Waals surface area (Å²) in [6.45, 7) is 7.21. The molecule has 0 bridgehead atoms. The highest BCUT2D eigenvalue weighted by Gasteiger charge is 2.00. The van der Waals surface area contributed by atoms with Gasteiger partial charge in [0.25, 0.3) is 0 Å². The number of allylic oxidation sites excluding steroid dienone is 1. The van der Waals surface area contributed by atoms with Crippen molar-refractivity contribution in [1.29, 1.82) is 0 Å². The average molecular weight is 142 g/mol. The zero-order chi connectivity index (χ0) is 7.11. The molecule has 0 amide bonds. The lowest BCUT2D eigenvalue weighted by molar-refractivity contribution is 0.327. The van der Waals surface area contributed by atoms with Gasteiger partial charge in [0.1, 0.15) is 0 Å². The van der Waals surface area contributed by atoms with Crippen LogP contribution in [-0.2, 0) is 8.89 Å². The normalized spacial score (nSPS) is 8.00. The molecule has 0 aromatic heterocycles. The molecule has 2 nitrogen and oxygen atoms in total. The van der Waals surface area contributed by atoms with E-state index in [1.165, 1.54) is 0 Å². The molecule has 0 N–H and O–H groups in total. The molecule has 0 aromatic rings. The van der Waals surface area contributed by atoms with E-state index in [1.54, 1.807) is 12.2 Å². The minimum atomic E-state index is -1.84. The first-order valence-electron chi connectivity index (χ1n) is 2.68. The van der Waals surface area contributed by atoms with E-state index in [0.717, 1.165) is 0 Å². The van der Waals surface area contributed by atoms with Crippen molar-refractivity contribution in [2.24, 2.45) is 0 Å². The Hall–Kier alpha value is -0.703. The summed E-state index contributed by atoms with van der Waals surface area (Å²) in [6, 6.07) is 0.457. The van der Waals surface area contributed by atoms with E-state index < -0.39 is 8.93 Å². The Labute approximate surface area is 56.6 Å². The molecule has 0 saturated carbocycles. The van der Waals surface area contributed by atoms with Gasteiger partial charge in [0.15, 0.2) is 0 Å². The number of hydrogen-bond donors (Lipinski definition) is 0. The average Bonchev–Trinajstić information content (AvgIpc) is 1.85. The van der Waals surface area contributed by atoms with Crippen LogP contribution in [0.1, 0.15) is 0 Å². The van der Waals surface area contributed by atoms with Gasteiger partial charge in [-0.3, -0.25) is 0 Å². The zero-order valence-electron chi connectivity index (χ0n) is 5.30. The maximum absolute atomic E-state index is 10.6. The molecule has 3 heteroatoms. The summed E-state index contributed by atoms with van der Waals surface area (Å²) in [4.78, 5) is 0. The van der Waals surface area contributed by atoms with Crippen LogP contribution >= 0.6 is 0 Å². The van der Waals surface area contributed by atoms with Crippen molar-refractivity contribution >= 4 is 8.93 Å². The predicted octanol–water partition coefficient (Wildman–Crippen LogP) is 1.29. The highest BCUT2D eigenvalue weighted by Crippen LogP contribution is 1.85. The summed E-state index contributed by atoms with van der Waals surface area (Å²) in [5.41, 5.74) is 0. The first kappa shape index (κ1) is 8.30. The van der Waals surface area contributed by atoms with Crippen molar-refractivity contribution in [3.63, 3.8) is 0 Å². The molecule has 0 heterocycles. The Morgan fingerprint density at radius 2 is 2.11 bits per heavy atom. The molecule has 0 aliphatic rings. The summed E-state index contributed by atoms with van der Waals surface area (Å²) in [7, 11) is -1.84. The fourth-order valence-electron chi connectivity index (χ4n) is 0.329. The highest BCUT2D eigenvalue weighted by atomic mass is 28.3. The largest absolute Gasteiger partial charge is 0.520 e. The van der Waals surface area contributed by atoms with Crippen molar-refractivity contribution in [2.45, 2.75) is 6.04 Å². The Morgan fingerprint density at radius 1 is 1.44 bits per heavy atom. The summed E-state index contributed by atoms with van der Waals surface area (Å²) >= 11 is 0. The molecule has 0 aliphatic heterocycles. The molecule has 50 valence electrons. The smallest absolute Gasteiger partial charge is 0.506 e. The summed E-state index contributed by atoms with van der Waals surface area (Å²) in [6.07, 6.45) is 3.16. The van der Waals surface area contributed by atoms with Crippen LogP contribution < -0.4 is 0 Å². The Kier molecular flexibility index (Phi) is 5.01. The highest BCUT2D eigenvalue weighted by molar-refractivity contribution is 6.35. The number of rotatable bonds is 5. The molecule has 0 spiro atoms. The lowest BCUT2D eigenvalue weighted by Crippen LogP contribution is -2.04. The van der Waals surface area contributed by atoms with Gasteiger partial charge in [0, 0.05) is 6.04 Å². The van der Waals surface area contributed by atoms with Crippen molar-refractivity contribution < 1.29 is 8.89 Å². The van der Waals surface area contributed by atoms with E-state index in [0.29, 0.717) is 12.7 Å². The third kappa shape index (κ3) is 5.16. The second-order valence-electron chi connectivity index (χ2n) is 1.46. The minimum Gasteiger partial charge on any atom is -0.520 e. The van der Waals surface area contributed by atoms with Crippen LogP contribution in [0, 0.1) is 0 Å². The first-order valence-corrected chi connectivity index (χ1v) is 4.21. The third-order valence-electron chi connectivity index (χ3n) is 0.673. The van der Waals surface area contributed by atoms with Crippen LogP contribution in [0.25, 0.3) is 0 Å². The number of hydrogen-bond acceptors (Lipinski definition) is 2. The van der Waals surface area contributed by atoms with Crippen LogP contribution in [0.2, 0.25) is 6.04 Å². The third-order valence-corrected chi connectivity index (χ3v) is 1.78. The maximum atomic E-state index is 10.6. The lowest BCUT2D eigenvalue weighted by Gasteiger charge is -1.94. The Morgan fingerprint density at radius 3 is 2.56 bits per heavy atom. The van der Waals surface area contributed by atoms with E-state index in [4.69, 9.17) is 4.43 Å². The zero-order valence-corrected chi connectivity index (χ0v) is 6.30. The predicted molar refractivity (Wildman–Crippen MR) is 37.6 cm³/mol. The summed E-state index contributed by atoms with van der Waals surface area (Å²) in [5, 5.41) is 0. The van der Waals surface area contributed by atoms with Crippen LogP contribution in [0.4, 0.5) is 0 Å². The van der Waals surface area contributed by atoms with Gasteiger partial charge in [-0.25, -0.2) is 0 Å². The van der Waals surface area contributed by atoms with Crippen molar-refractivity contribution in [2.75, 3.05) is 6.61 Å². The molecule has 0 saturated heterocycles. The van der Waals surface area contributed by atoms with E-state index in [2.05, 4.69) is 13.2 Å². The summed E-state index contributed by atoms with van der Waals surface area (Å²) in [5.74, 6) is 0. The monoisotopic (exact) mass is 142 g/mol. The fourth-order valence-corrected chi connectivity index (χ4v) is 0.986. The van der Waals surface area contributed by atoms with Crippen molar-refractivity contribution in [3.05, 3.63) is 25.3 Å². The van der Waals surface area contributed by atoms with Crippen molar-refractivity contribution in [1.82, 2.24) is 0 Å². The molecule has 0 atom stereocenters. The maximum Gasteiger partial charge on any atom is 0.506 e. The second-order valence-corrected chi connectivity index (χ2v) is 2.91. The van der Waals surface area contributed by atoms with Gasteiger partial charge in [-0.1, -0.05) is 18.7 Å². The molecule has 0 fully saturated rings. The molecule has 9 heavy (non-hydrogen) atoms. The van der Waals surface area contributed by atoms with Crippen LogP contribution in [0.15, 0.2) is 25.3 Å². The van der Waals surface area contributed by atoms with E-state index >= 15 is 0 Å². The van der Waals surface area contributed by atoms with Gasteiger partial charge < -0.3 is 8.89 Å². The van der Waals surface area contributed by atoms with Gasteiger partial charge >= 0.3 is 8.93 Å². The van der Waals surface area contributed by atoms with Gasteiger partial charge in [-0.2, -0.15) is 0 Å². The van der Waals surface area contributed by atoms with E-state index in [-0.39, 0.29) is 0 Å². The molecule has 0 radical (unpaired) electrons. The fraction of sp³-hybridized carbons (Fsp3) is 0.333. The molecular weight excluding hydrogens is 132 g/mol. The minimum absolute atomic E-state index is 0.367. The molecular formula is C6H10O2Si. The van der Waals surface area contributed by atoms with Crippen molar-refractivity contribution in [3.8, 4) is 0 Å². The van der Waals surface area contributed by atoms with Crippen LogP contribution in [0.3, 0.4) is 0 Å². The molecule has 0 aliphatic carbocycles. The lowest BCUT2D eigenvalue weighted by atomic mass is 10.7. The first-order chi connectivity index (χ1) is 4.31. The second kappa shape index (κ2) is 5.43. The Bertz CT molecular complexity index is 120. The van der Waals surface area contributed by atoms with Gasteiger partial charge in [-0.05, 0) is 0 Å². The standard InChI is InChI=1S/C6H10O2Si/c1-3-5-8-9(7)6-4-2/h3-4H,1-2,5-6H2. The van der Waals surface area contributed by atoms with Crippen LogP contribution in [0.5, 0.6) is 0 Å². The van der Waals surface area contributed by atoms with E-state index in [9.17, 15) is 4.46 Å². The molecule has 0 unspecified atom stereocenters. The molecule has 0 aromatic carbocycles. The topological polar surface area (TPSA) is 26.3 Å². The summed E-state index contributed by atoms with van der Waals surface area (Å²) < 4.78 is 15.4. The van der Waals surface area contributed by atoms with Gasteiger partial charge in [0.05, 0.1) is 6.61 Å². The quantitative estimate of drug-likeness (QED) is 0.427. The molecule has 0 rings (SSSR count). The van der Waals surface area contributed by atoms with Gasteiger partial charge in [-0.15, -0.1) is 6.58 Å². The van der Waals surface area contributed by atoms with Crippen LogP contribution in [-0.4, -0.2) is 15.5 Å². The SMILES string of the molecule is C=CCO[Si](=O)CC=C.